The maximum Gasteiger partial charge on any atom is 0.128 e. The van der Waals surface area contributed by atoms with Gasteiger partial charge in [0, 0.05) is 16.7 Å². The molecular formula is C16H23NO2. The quantitative estimate of drug-likeness (QED) is 0.888. The lowest BCUT2D eigenvalue weighted by Crippen LogP contribution is -2.36. The van der Waals surface area contributed by atoms with Crippen LogP contribution in [0.4, 0.5) is 0 Å². The highest BCUT2D eigenvalue weighted by molar-refractivity contribution is 5.57. The van der Waals surface area contributed by atoms with Crippen molar-refractivity contribution >= 4 is 0 Å². The van der Waals surface area contributed by atoms with Crippen LogP contribution in [0.15, 0.2) is 6.07 Å². The second-order valence-electron chi connectivity index (χ2n) is 6.00. The predicted octanol–water partition coefficient (Wildman–Crippen LogP) is 2.79. The van der Waals surface area contributed by atoms with E-state index in [2.05, 4.69) is 25.2 Å². The molecular weight excluding hydrogens is 238 g/mol. The van der Waals surface area contributed by atoms with Gasteiger partial charge in [-0.2, -0.15) is 0 Å². The van der Waals surface area contributed by atoms with Crippen molar-refractivity contribution in [3.8, 4) is 11.5 Å². The van der Waals surface area contributed by atoms with E-state index in [4.69, 9.17) is 9.47 Å². The topological polar surface area (TPSA) is 30.5 Å². The lowest BCUT2D eigenvalue weighted by Gasteiger charge is -2.35. The molecule has 0 unspecified atom stereocenters. The maximum absolute atomic E-state index is 6.01. The normalized spacial score (nSPS) is 18.1. The van der Waals surface area contributed by atoms with Gasteiger partial charge in [-0.15, -0.1) is 0 Å². The summed E-state index contributed by atoms with van der Waals surface area (Å²) in [4.78, 5) is 0. The Morgan fingerprint density at radius 3 is 2.63 bits per heavy atom. The summed E-state index contributed by atoms with van der Waals surface area (Å²) >= 11 is 0. The Hall–Kier alpha value is -1.22. The Labute approximate surface area is 115 Å². The van der Waals surface area contributed by atoms with Crippen molar-refractivity contribution < 1.29 is 9.47 Å². The summed E-state index contributed by atoms with van der Waals surface area (Å²) < 4.78 is 11.9. The summed E-state index contributed by atoms with van der Waals surface area (Å²) in [6.07, 6.45) is 4.38. The minimum absolute atomic E-state index is 0.0898. The number of hydrogen-bond donors (Lipinski definition) is 1. The standard InChI is InChI=1S/C16H23NO2/c1-16(2,17-3)14-12-7-5-8-18-13(12)10-11-6-4-9-19-15(11)14/h10,17H,4-9H2,1-3H3. The van der Waals surface area contributed by atoms with Gasteiger partial charge in [-0.1, -0.05) is 0 Å². The van der Waals surface area contributed by atoms with E-state index in [0.717, 1.165) is 50.4 Å². The molecule has 0 saturated heterocycles. The molecule has 3 heteroatoms. The molecule has 19 heavy (non-hydrogen) atoms. The Morgan fingerprint density at radius 1 is 1.11 bits per heavy atom. The number of benzene rings is 1. The van der Waals surface area contributed by atoms with Gasteiger partial charge in [-0.3, -0.25) is 0 Å². The van der Waals surface area contributed by atoms with Crippen molar-refractivity contribution in [3.63, 3.8) is 0 Å². The fraction of sp³-hybridized carbons (Fsp3) is 0.625. The first kappa shape index (κ1) is 12.8. The fourth-order valence-electron chi connectivity index (χ4n) is 3.11. The molecule has 0 bridgehead atoms. The lowest BCUT2D eigenvalue weighted by atomic mass is 9.83. The van der Waals surface area contributed by atoms with Crippen LogP contribution >= 0.6 is 0 Å². The molecule has 0 aromatic heterocycles. The zero-order valence-electron chi connectivity index (χ0n) is 12.1. The van der Waals surface area contributed by atoms with Crippen LogP contribution in [0.1, 0.15) is 43.4 Å². The van der Waals surface area contributed by atoms with Crippen LogP contribution in [-0.4, -0.2) is 20.3 Å². The summed E-state index contributed by atoms with van der Waals surface area (Å²) in [6, 6.07) is 2.21. The lowest BCUT2D eigenvalue weighted by molar-refractivity contribution is 0.259. The smallest absolute Gasteiger partial charge is 0.128 e. The van der Waals surface area contributed by atoms with Crippen LogP contribution in [0.2, 0.25) is 0 Å². The summed E-state index contributed by atoms with van der Waals surface area (Å²) in [5, 5.41) is 3.42. The monoisotopic (exact) mass is 261 g/mol. The third kappa shape index (κ3) is 2.10. The van der Waals surface area contributed by atoms with E-state index in [1.807, 2.05) is 7.05 Å². The Balaban J connectivity index is 2.23. The number of aryl methyl sites for hydroxylation is 1. The molecule has 3 nitrogen and oxygen atoms in total. The number of hydrogen-bond acceptors (Lipinski definition) is 3. The summed E-state index contributed by atoms with van der Waals surface area (Å²) in [5.74, 6) is 2.18. The van der Waals surface area contributed by atoms with Crippen LogP contribution in [-0.2, 0) is 18.4 Å². The Bertz CT molecular complexity index is 460. The fourth-order valence-corrected chi connectivity index (χ4v) is 3.11. The number of nitrogens with one attached hydrogen (secondary N) is 1. The Morgan fingerprint density at radius 2 is 1.84 bits per heavy atom. The summed E-state index contributed by atoms with van der Waals surface area (Å²) in [6.45, 7) is 6.11. The van der Waals surface area contributed by atoms with E-state index >= 15 is 0 Å². The van der Waals surface area contributed by atoms with Gasteiger partial charge in [0.1, 0.15) is 11.5 Å². The molecule has 0 fully saturated rings. The largest absolute Gasteiger partial charge is 0.493 e. The molecule has 1 aromatic rings. The highest BCUT2D eigenvalue weighted by Gasteiger charge is 2.32. The zero-order chi connectivity index (χ0) is 13.5. The Kier molecular flexibility index (Phi) is 3.17. The van der Waals surface area contributed by atoms with E-state index in [1.54, 1.807) is 0 Å². The van der Waals surface area contributed by atoms with E-state index < -0.39 is 0 Å². The van der Waals surface area contributed by atoms with Crippen LogP contribution in [0.5, 0.6) is 11.5 Å². The van der Waals surface area contributed by atoms with E-state index in [-0.39, 0.29) is 5.54 Å². The first-order valence-electron chi connectivity index (χ1n) is 7.27. The molecule has 0 atom stereocenters. The van der Waals surface area contributed by atoms with Gasteiger partial charge >= 0.3 is 0 Å². The number of rotatable bonds is 2. The van der Waals surface area contributed by atoms with Gasteiger partial charge in [0.2, 0.25) is 0 Å². The molecule has 0 saturated carbocycles. The molecule has 3 rings (SSSR count). The molecule has 2 aliphatic heterocycles. The van der Waals surface area contributed by atoms with Gasteiger partial charge < -0.3 is 14.8 Å². The third-order valence-electron chi connectivity index (χ3n) is 4.34. The van der Waals surface area contributed by atoms with Gasteiger partial charge in [-0.25, -0.2) is 0 Å². The van der Waals surface area contributed by atoms with Crippen molar-refractivity contribution in [1.29, 1.82) is 0 Å². The maximum atomic E-state index is 6.01. The zero-order valence-corrected chi connectivity index (χ0v) is 12.1. The SMILES string of the molecule is CNC(C)(C)c1c2c(cc3c1OCCC3)OCCC2. The molecule has 0 spiro atoms. The van der Waals surface area contributed by atoms with Crippen LogP contribution < -0.4 is 14.8 Å². The van der Waals surface area contributed by atoms with Gasteiger partial charge in [0.05, 0.1) is 13.2 Å². The predicted molar refractivity (Wildman–Crippen MR) is 76.2 cm³/mol. The molecule has 2 heterocycles. The minimum Gasteiger partial charge on any atom is -0.493 e. The van der Waals surface area contributed by atoms with E-state index in [9.17, 15) is 0 Å². The molecule has 1 N–H and O–H groups in total. The highest BCUT2D eigenvalue weighted by Crippen LogP contribution is 2.44. The van der Waals surface area contributed by atoms with E-state index in [1.165, 1.54) is 16.7 Å². The molecule has 0 radical (unpaired) electrons. The second-order valence-corrected chi connectivity index (χ2v) is 6.00. The first-order valence-corrected chi connectivity index (χ1v) is 7.27. The average molecular weight is 261 g/mol. The summed E-state index contributed by atoms with van der Waals surface area (Å²) in [7, 11) is 2.01. The van der Waals surface area contributed by atoms with Crippen LogP contribution in [0.3, 0.4) is 0 Å². The highest BCUT2D eigenvalue weighted by atomic mass is 16.5. The van der Waals surface area contributed by atoms with Gasteiger partial charge in [0.15, 0.2) is 0 Å². The average Bonchev–Trinajstić information content (AvgIpc) is 2.44. The van der Waals surface area contributed by atoms with Gasteiger partial charge in [-0.05, 0) is 58.2 Å². The summed E-state index contributed by atoms with van der Waals surface area (Å²) in [5.41, 5.74) is 3.87. The van der Waals surface area contributed by atoms with Crippen molar-refractivity contribution in [2.24, 2.45) is 0 Å². The number of fused-ring (bicyclic) bond motifs is 2. The minimum atomic E-state index is -0.0898. The van der Waals surface area contributed by atoms with Crippen molar-refractivity contribution in [3.05, 3.63) is 22.8 Å². The van der Waals surface area contributed by atoms with Crippen molar-refractivity contribution in [2.75, 3.05) is 20.3 Å². The molecule has 0 aliphatic carbocycles. The van der Waals surface area contributed by atoms with Crippen LogP contribution in [0, 0.1) is 0 Å². The first-order chi connectivity index (χ1) is 9.13. The van der Waals surface area contributed by atoms with Crippen molar-refractivity contribution in [2.45, 2.75) is 45.1 Å². The molecule has 2 aliphatic rings. The second kappa shape index (κ2) is 4.71. The van der Waals surface area contributed by atoms with Crippen LogP contribution in [0.25, 0.3) is 0 Å². The third-order valence-corrected chi connectivity index (χ3v) is 4.34. The van der Waals surface area contributed by atoms with E-state index in [0.29, 0.717) is 0 Å². The van der Waals surface area contributed by atoms with Gasteiger partial charge in [0.25, 0.3) is 0 Å². The number of ether oxygens (including phenoxy) is 2. The van der Waals surface area contributed by atoms with Crippen molar-refractivity contribution in [1.82, 2.24) is 5.32 Å². The molecule has 1 aromatic carbocycles. The molecule has 0 amide bonds. The molecule has 104 valence electrons.